The van der Waals surface area contributed by atoms with Crippen molar-refractivity contribution in [2.24, 2.45) is 5.92 Å². The monoisotopic (exact) mass is 659 g/mol. The van der Waals surface area contributed by atoms with Gasteiger partial charge in [0.1, 0.15) is 12.6 Å². The summed E-state index contributed by atoms with van der Waals surface area (Å²) in [6.07, 6.45) is 0.253. The van der Waals surface area contributed by atoms with Crippen LogP contribution >= 0.6 is 11.6 Å². The lowest BCUT2D eigenvalue weighted by Gasteiger charge is -2.34. The SMILES string of the molecule is Cc1ccc(S(=O)(=O)N(CC(=O)N(Cc2ccccc2C)[C@@H](Cc2ccccc2)C(=O)NCC(C)C)c2cccc(Cl)c2C)cc1. The van der Waals surface area contributed by atoms with E-state index in [-0.39, 0.29) is 29.7 Å². The number of carbonyl (C=O) groups is 2. The normalized spacial score (nSPS) is 12.1. The molecule has 2 amide bonds. The van der Waals surface area contributed by atoms with Gasteiger partial charge in [0.15, 0.2) is 0 Å². The van der Waals surface area contributed by atoms with Gasteiger partial charge >= 0.3 is 0 Å². The van der Waals surface area contributed by atoms with E-state index in [0.29, 0.717) is 22.8 Å². The van der Waals surface area contributed by atoms with Gasteiger partial charge in [-0.05, 0) is 73.2 Å². The van der Waals surface area contributed by atoms with Gasteiger partial charge in [-0.3, -0.25) is 13.9 Å². The molecule has 46 heavy (non-hydrogen) atoms. The molecule has 7 nitrogen and oxygen atoms in total. The standard InChI is InChI=1S/C37H42ClN3O4S/c1-26(2)23-39-37(43)35(22-30-13-7-6-8-14-30)40(24-31-15-10-9-12-28(31)4)36(42)25-41(34-17-11-16-33(38)29(34)5)46(44,45)32-20-18-27(3)19-21-32/h6-21,26,35H,22-25H2,1-5H3,(H,39,43)/t35-/m0/s1. The van der Waals surface area contributed by atoms with Crippen molar-refractivity contribution < 1.29 is 18.0 Å². The Bertz CT molecular complexity index is 1760. The average Bonchev–Trinajstić information content (AvgIpc) is 3.03. The van der Waals surface area contributed by atoms with E-state index in [4.69, 9.17) is 11.6 Å². The first kappa shape index (κ1) is 34.7. The largest absolute Gasteiger partial charge is 0.354 e. The maximum Gasteiger partial charge on any atom is 0.264 e. The molecule has 0 fully saturated rings. The molecule has 0 unspecified atom stereocenters. The van der Waals surface area contributed by atoms with Gasteiger partial charge in [-0.25, -0.2) is 8.42 Å². The number of nitrogens with one attached hydrogen (secondary N) is 1. The highest BCUT2D eigenvalue weighted by molar-refractivity contribution is 7.92. The molecule has 4 rings (SSSR count). The molecule has 242 valence electrons. The van der Waals surface area contributed by atoms with Crippen LogP contribution in [0.4, 0.5) is 5.69 Å². The Kier molecular flexibility index (Phi) is 11.7. The Balaban J connectivity index is 1.84. The lowest BCUT2D eigenvalue weighted by Crippen LogP contribution is -2.54. The summed E-state index contributed by atoms with van der Waals surface area (Å²) in [7, 11) is -4.22. The van der Waals surface area contributed by atoms with Crippen molar-refractivity contribution in [3.8, 4) is 0 Å². The molecule has 0 aromatic heterocycles. The van der Waals surface area contributed by atoms with Crippen LogP contribution in [0.5, 0.6) is 0 Å². The van der Waals surface area contributed by atoms with E-state index < -0.39 is 28.5 Å². The topological polar surface area (TPSA) is 86.8 Å². The molecule has 0 bridgehead atoms. The molecule has 0 aliphatic heterocycles. The molecule has 0 heterocycles. The Hall–Kier alpha value is -4.14. The number of carbonyl (C=O) groups excluding carboxylic acids is 2. The quantitative estimate of drug-likeness (QED) is 0.170. The number of rotatable bonds is 13. The van der Waals surface area contributed by atoms with E-state index in [9.17, 15) is 18.0 Å². The Morgan fingerprint density at radius 1 is 0.826 bits per heavy atom. The Labute approximate surface area is 278 Å². The van der Waals surface area contributed by atoms with Gasteiger partial charge in [0.2, 0.25) is 11.8 Å². The van der Waals surface area contributed by atoms with Gasteiger partial charge in [-0.2, -0.15) is 0 Å². The van der Waals surface area contributed by atoms with Crippen LogP contribution in [0.3, 0.4) is 0 Å². The third-order valence-corrected chi connectivity index (χ3v) is 10.1. The van der Waals surface area contributed by atoms with Crippen LogP contribution in [-0.2, 0) is 32.6 Å². The summed E-state index contributed by atoms with van der Waals surface area (Å²) < 4.78 is 29.7. The Morgan fingerprint density at radius 3 is 2.13 bits per heavy atom. The predicted octanol–water partition coefficient (Wildman–Crippen LogP) is 6.87. The van der Waals surface area contributed by atoms with Gasteiger partial charge in [0.05, 0.1) is 10.6 Å². The number of halogens is 1. The van der Waals surface area contributed by atoms with Crippen molar-refractivity contribution in [2.75, 3.05) is 17.4 Å². The third-order valence-electron chi connectivity index (χ3n) is 7.95. The molecular formula is C37H42ClN3O4S. The minimum atomic E-state index is -4.22. The second kappa shape index (κ2) is 15.4. The highest BCUT2D eigenvalue weighted by Gasteiger charge is 2.35. The summed E-state index contributed by atoms with van der Waals surface area (Å²) in [5.41, 5.74) is 4.41. The maximum atomic E-state index is 14.7. The zero-order valence-corrected chi connectivity index (χ0v) is 28.6. The van der Waals surface area contributed by atoms with Crippen molar-refractivity contribution in [3.63, 3.8) is 0 Å². The fraction of sp³-hybridized carbons (Fsp3) is 0.297. The maximum absolute atomic E-state index is 14.7. The molecule has 0 saturated heterocycles. The van der Waals surface area contributed by atoms with Crippen LogP contribution in [0.15, 0.2) is 102 Å². The molecule has 0 saturated carbocycles. The van der Waals surface area contributed by atoms with Crippen LogP contribution in [0.1, 0.15) is 41.7 Å². The number of hydrogen-bond acceptors (Lipinski definition) is 4. The Morgan fingerprint density at radius 2 is 1.48 bits per heavy atom. The van der Waals surface area contributed by atoms with E-state index in [1.165, 1.54) is 17.0 Å². The number of hydrogen-bond donors (Lipinski definition) is 1. The summed E-state index contributed by atoms with van der Waals surface area (Å²) in [4.78, 5) is 30.1. The second-order valence-corrected chi connectivity index (χ2v) is 14.3. The lowest BCUT2D eigenvalue weighted by molar-refractivity contribution is -0.140. The molecule has 0 spiro atoms. The van der Waals surface area contributed by atoms with E-state index in [2.05, 4.69) is 5.32 Å². The summed E-state index contributed by atoms with van der Waals surface area (Å²) >= 11 is 6.47. The van der Waals surface area contributed by atoms with Crippen molar-refractivity contribution in [3.05, 3.63) is 130 Å². The van der Waals surface area contributed by atoms with Crippen molar-refractivity contribution >= 4 is 39.1 Å². The van der Waals surface area contributed by atoms with Crippen molar-refractivity contribution in [2.45, 2.75) is 58.5 Å². The van der Waals surface area contributed by atoms with Gasteiger partial charge in [-0.1, -0.05) is 104 Å². The van der Waals surface area contributed by atoms with Crippen LogP contribution in [0.2, 0.25) is 5.02 Å². The first-order valence-corrected chi connectivity index (χ1v) is 17.2. The van der Waals surface area contributed by atoms with Gasteiger partial charge in [-0.15, -0.1) is 0 Å². The zero-order chi connectivity index (χ0) is 33.4. The van der Waals surface area contributed by atoms with E-state index in [0.717, 1.165) is 26.6 Å². The second-order valence-electron chi connectivity index (χ2n) is 12.0. The average molecular weight is 660 g/mol. The van der Waals surface area contributed by atoms with Crippen LogP contribution in [0, 0.1) is 26.7 Å². The third kappa shape index (κ3) is 8.56. The highest BCUT2D eigenvalue weighted by atomic mass is 35.5. The number of amides is 2. The van der Waals surface area contributed by atoms with E-state index >= 15 is 0 Å². The van der Waals surface area contributed by atoms with Crippen molar-refractivity contribution in [1.82, 2.24) is 10.2 Å². The molecular weight excluding hydrogens is 618 g/mol. The molecule has 1 atom stereocenters. The minimum Gasteiger partial charge on any atom is -0.354 e. The number of benzene rings is 4. The molecule has 4 aromatic rings. The lowest BCUT2D eigenvalue weighted by atomic mass is 10.0. The van der Waals surface area contributed by atoms with E-state index in [1.807, 2.05) is 82.3 Å². The number of nitrogens with zero attached hydrogens (tertiary/aromatic N) is 2. The van der Waals surface area contributed by atoms with Crippen LogP contribution in [0.25, 0.3) is 0 Å². The van der Waals surface area contributed by atoms with Crippen molar-refractivity contribution in [1.29, 1.82) is 0 Å². The number of aryl methyl sites for hydroxylation is 2. The summed E-state index contributed by atoms with van der Waals surface area (Å²) in [6.45, 7) is 9.57. The van der Waals surface area contributed by atoms with E-state index in [1.54, 1.807) is 37.3 Å². The highest BCUT2D eigenvalue weighted by Crippen LogP contribution is 2.31. The molecule has 9 heteroatoms. The summed E-state index contributed by atoms with van der Waals surface area (Å²) in [5, 5.41) is 3.39. The van der Waals surface area contributed by atoms with Crippen LogP contribution in [-0.4, -0.2) is 44.3 Å². The summed E-state index contributed by atoms with van der Waals surface area (Å²) in [5.74, 6) is -0.617. The predicted molar refractivity (Wildman–Crippen MR) is 185 cm³/mol. The molecule has 0 aliphatic rings. The first-order chi connectivity index (χ1) is 21.9. The van der Waals surface area contributed by atoms with Gasteiger partial charge < -0.3 is 10.2 Å². The fourth-order valence-electron chi connectivity index (χ4n) is 5.16. The molecule has 0 aliphatic carbocycles. The van der Waals surface area contributed by atoms with Gasteiger partial charge in [0.25, 0.3) is 10.0 Å². The first-order valence-electron chi connectivity index (χ1n) is 15.4. The molecule has 1 N–H and O–H groups in total. The number of anilines is 1. The smallest absolute Gasteiger partial charge is 0.264 e. The number of sulfonamides is 1. The molecule has 0 radical (unpaired) electrons. The fourth-order valence-corrected chi connectivity index (χ4v) is 6.81. The summed E-state index contributed by atoms with van der Waals surface area (Å²) in [6, 6.07) is 27.8. The van der Waals surface area contributed by atoms with Crippen LogP contribution < -0.4 is 9.62 Å². The van der Waals surface area contributed by atoms with Gasteiger partial charge in [0, 0.05) is 24.5 Å². The minimum absolute atomic E-state index is 0.0474. The zero-order valence-electron chi connectivity index (χ0n) is 27.0. The molecule has 4 aromatic carbocycles.